The molecule has 1 nitrogen and oxygen atoms in total. The highest BCUT2D eigenvalue weighted by Crippen LogP contribution is 2.24. The summed E-state index contributed by atoms with van der Waals surface area (Å²) in [6.45, 7) is 1.99. The first-order valence-corrected chi connectivity index (χ1v) is 4.83. The van der Waals surface area contributed by atoms with Gasteiger partial charge >= 0.3 is 0 Å². The summed E-state index contributed by atoms with van der Waals surface area (Å²) in [6.07, 6.45) is 2.26. The maximum absolute atomic E-state index is 13.3. The molecule has 0 amide bonds. The quantitative estimate of drug-likeness (QED) is 0.697. The number of hydrogen-bond acceptors (Lipinski definition) is 1. The monoisotopic (exact) mass is 179 g/mol. The van der Waals surface area contributed by atoms with Gasteiger partial charge in [0.05, 0.1) is 0 Å². The van der Waals surface area contributed by atoms with Crippen molar-refractivity contribution in [3.63, 3.8) is 0 Å². The first-order chi connectivity index (χ1) is 6.38. The van der Waals surface area contributed by atoms with E-state index in [0.717, 1.165) is 31.5 Å². The molecule has 1 N–H and O–H groups in total. The average Bonchev–Trinajstić information content (AvgIpc) is 2.20. The van der Waals surface area contributed by atoms with Crippen molar-refractivity contribution >= 4 is 0 Å². The molecule has 1 aliphatic rings. The van der Waals surface area contributed by atoms with Crippen LogP contribution in [0.4, 0.5) is 4.39 Å². The zero-order chi connectivity index (χ0) is 9.10. The smallest absolute Gasteiger partial charge is 0.126 e. The molecule has 70 valence electrons. The van der Waals surface area contributed by atoms with E-state index < -0.39 is 0 Å². The van der Waals surface area contributed by atoms with Crippen LogP contribution in [0.1, 0.15) is 24.3 Å². The summed E-state index contributed by atoms with van der Waals surface area (Å²) in [5.41, 5.74) is 0.870. The van der Waals surface area contributed by atoms with Crippen molar-refractivity contribution in [3.05, 3.63) is 35.6 Å². The normalized spacial score (nSPS) is 23.0. The van der Waals surface area contributed by atoms with Gasteiger partial charge in [0.25, 0.3) is 0 Å². The number of rotatable bonds is 1. The van der Waals surface area contributed by atoms with E-state index in [2.05, 4.69) is 5.32 Å². The van der Waals surface area contributed by atoms with Gasteiger partial charge in [0.2, 0.25) is 0 Å². The molecule has 0 aromatic heterocycles. The van der Waals surface area contributed by atoms with E-state index in [4.69, 9.17) is 0 Å². The third-order valence-corrected chi connectivity index (χ3v) is 2.64. The van der Waals surface area contributed by atoms with Crippen LogP contribution in [0.3, 0.4) is 0 Å². The van der Waals surface area contributed by atoms with Crippen LogP contribution in [0.2, 0.25) is 0 Å². The van der Waals surface area contributed by atoms with Crippen molar-refractivity contribution in [1.29, 1.82) is 0 Å². The lowest BCUT2D eigenvalue weighted by atomic mass is 9.91. The minimum absolute atomic E-state index is 0.0591. The molecule has 0 aliphatic carbocycles. The average molecular weight is 179 g/mol. The molecule has 2 heteroatoms. The summed E-state index contributed by atoms with van der Waals surface area (Å²) < 4.78 is 13.3. The van der Waals surface area contributed by atoms with E-state index >= 15 is 0 Å². The first kappa shape index (κ1) is 8.70. The molecule has 1 aromatic rings. The Hall–Kier alpha value is -0.890. The Morgan fingerprint density at radius 1 is 1.31 bits per heavy atom. The second kappa shape index (κ2) is 3.88. The molecular weight excluding hydrogens is 165 g/mol. The van der Waals surface area contributed by atoms with Crippen LogP contribution in [0, 0.1) is 5.82 Å². The zero-order valence-corrected chi connectivity index (χ0v) is 7.59. The van der Waals surface area contributed by atoms with Gasteiger partial charge in [-0.25, -0.2) is 4.39 Å². The Bertz CT molecular complexity index is 279. The van der Waals surface area contributed by atoms with Crippen molar-refractivity contribution in [2.75, 3.05) is 13.1 Å². The molecule has 1 unspecified atom stereocenters. The van der Waals surface area contributed by atoms with Gasteiger partial charge in [0.15, 0.2) is 0 Å². The Balaban J connectivity index is 2.18. The van der Waals surface area contributed by atoms with Crippen molar-refractivity contribution in [1.82, 2.24) is 5.32 Å². The second-order valence-corrected chi connectivity index (χ2v) is 3.56. The fraction of sp³-hybridized carbons (Fsp3) is 0.455. The Morgan fingerprint density at radius 2 is 2.15 bits per heavy atom. The lowest BCUT2D eigenvalue weighted by molar-refractivity contribution is 0.446. The minimum Gasteiger partial charge on any atom is -0.316 e. The molecule has 0 bridgehead atoms. The molecule has 1 atom stereocenters. The van der Waals surface area contributed by atoms with E-state index in [1.165, 1.54) is 0 Å². The van der Waals surface area contributed by atoms with Crippen LogP contribution in [0.25, 0.3) is 0 Å². The van der Waals surface area contributed by atoms with Gasteiger partial charge in [0.1, 0.15) is 5.82 Å². The van der Waals surface area contributed by atoms with Crippen LogP contribution in [-0.4, -0.2) is 13.1 Å². The molecule has 13 heavy (non-hydrogen) atoms. The van der Waals surface area contributed by atoms with Crippen LogP contribution in [0.5, 0.6) is 0 Å². The van der Waals surface area contributed by atoms with Crippen molar-refractivity contribution in [2.24, 2.45) is 0 Å². The number of piperidine rings is 1. The van der Waals surface area contributed by atoms with Crippen LogP contribution in [0.15, 0.2) is 24.3 Å². The summed E-state index contributed by atoms with van der Waals surface area (Å²) in [7, 11) is 0. The van der Waals surface area contributed by atoms with Gasteiger partial charge in [-0.15, -0.1) is 0 Å². The molecule has 0 saturated carbocycles. The number of hydrogen-bond donors (Lipinski definition) is 1. The van der Waals surface area contributed by atoms with Gasteiger partial charge in [-0.05, 0) is 36.9 Å². The number of halogens is 1. The molecule has 1 aromatic carbocycles. The molecule has 0 spiro atoms. The van der Waals surface area contributed by atoms with Gasteiger partial charge in [-0.2, -0.15) is 0 Å². The Kier molecular flexibility index (Phi) is 2.60. The largest absolute Gasteiger partial charge is 0.316 e. The van der Waals surface area contributed by atoms with Crippen LogP contribution >= 0.6 is 0 Å². The van der Waals surface area contributed by atoms with Gasteiger partial charge in [0, 0.05) is 6.54 Å². The standard InChI is InChI=1S/C11H14FN/c12-11-6-2-1-5-10(11)9-4-3-7-13-8-9/h1-2,5-6,9,13H,3-4,7-8H2. The van der Waals surface area contributed by atoms with E-state index in [0.29, 0.717) is 5.92 Å². The first-order valence-electron chi connectivity index (χ1n) is 4.83. The van der Waals surface area contributed by atoms with E-state index in [1.807, 2.05) is 12.1 Å². The third kappa shape index (κ3) is 1.89. The predicted octanol–water partition coefficient (Wildman–Crippen LogP) is 2.29. The molecule has 1 heterocycles. The lowest BCUT2D eigenvalue weighted by Crippen LogP contribution is -2.28. The summed E-state index contributed by atoms with van der Waals surface area (Å²) in [4.78, 5) is 0. The summed E-state index contributed by atoms with van der Waals surface area (Å²) in [5, 5.41) is 3.29. The Morgan fingerprint density at radius 3 is 2.85 bits per heavy atom. The number of benzene rings is 1. The second-order valence-electron chi connectivity index (χ2n) is 3.56. The molecular formula is C11H14FN. The predicted molar refractivity (Wildman–Crippen MR) is 51.2 cm³/mol. The van der Waals surface area contributed by atoms with Gasteiger partial charge < -0.3 is 5.32 Å². The van der Waals surface area contributed by atoms with Crippen molar-refractivity contribution in [3.8, 4) is 0 Å². The van der Waals surface area contributed by atoms with Crippen molar-refractivity contribution in [2.45, 2.75) is 18.8 Å². The lowest BCUT2D eigenvalue weighted by Gasteiger charge is -2.23. The van der Waals surface area contributed by atoms with Crippen LogP contribution < -0.4 is 5.32 Å². The highest BCUT2D eigenvalue weighted by molar-refractivity contribution is 5.22. The molecule has 1 aliphatic heterocycles. The zero-order valence-electron chi connectivity index (χ0n) is 7.59. The fourth-order valence-electron chi connectivity index (χ4n) is 1.92. The highest BCUT2D eigenvalue weighted by Gasteiger charge is 2.17. The van der Waals surface area contributed by atoms with Gasteiger partial charge in [-0.3, -0.25) is 0 Å². The number of nitrogens with one attached hydrogen (secondary N) is 1. The fourth-order valence-corrected chi connectivity index (χ4v) is 1.92. The maximum Gasteiger partial charge on any atom is 0.126 e. The maximum atomic E-state index is 13.3. The van der Waals surface area contributed by atoms with E-state index in [9.17, 15) is 4.39 Å². The minimum atomic E-state index is -0.0591. The highest BCUT2D eigenvalue weighted by atomic mass is 19.1. The van der Waals surface area contributed by atoms with E-state index in [-0.39, 0.29) is 5.82 Å². The van der Waals surface area contributed by atoms with E-state index in [1.54, 1.807) is 12.1 Å². The van der Waals surface area contributed by atoms with Crippen LogP contribution in [-0.2, 0) is 0 Å². The topological polar surface area (TPSA) is 12.0 Å². The summed E-state index contributed by atoms with van der Waals surface area (Å²) in [5.74, 6) is 0.311. The van der Waals surface area contributed by atoms with Crippen molar-refractivity contribution < 1.29 is 4.39 Å². The molecule has 1 saturated heterocycles. The van der Waals surface area contributed by atoms with Gasteiger partial charge in [-0.1, -0.05) is 18.2 Å². The summed E-state index contributed by atoms with van der Waals surface area (Å²) in [6, 6.07) is 7.10. The third-order valence-electron chi connectivity index (χ3n) is 2.64. The Labute approximate surface area is 78.0 Å². The summed E-state index contributed by atoms with van der Waals surface area (Å²) >= 11 is 0. The molecule has 2 rings (SSSR count). The molecule has 1 fully saturated rings. The molecule has 0 radical (unpaired) electrons. The SMILES string of the molecule is Fc1ccccc1C1CCCNC1.